The van der Waals surface area contributed by atoms with Gasteiger partial charge in [0, 0.05) is 39.3 Å². The van der Waals surface area contributed by atoms with E-state index < -0.39 is 0 Å². The lowest BCUT2D eigenvalue weighted by atomic mass is 10.2. The fourth-order valence-corrected chi connectivity index (χ4v) is 3.20. The summed E-state index contributed by atoms with van der Waals surface area (Å²) in [4.78, 5) is 17.0. The number of piperazine rings is 1. The van der Waals surface area contributed by atoms with Gasteiger partial charge in [0.15, 0.2) is 11.6 Å². The zero-order valence-electron chi connectivity index (χ0n) is 13.6. The fourth-order valence-electron chi connectivity index (χ4n) is 3.20. The molecule has 4 rings (SSSR count). The average molecular weight is 313 g/mol. The molecule has 1 aromatic heterocycles. The topological polar surface area (TPSA) is 44.7 Å². The van der Waals surface area contributed by atoms with Crippen molar-refractivity contribution in [3.63, 3.8) is 0 Å². The van der Waals surface area contributed by atoms with Crippen molar-refractivity contribution in [2.45, 2.75) is 0 Å². The largest absolute Gasteiger partial charge is 0.378 e. The Kier molecular flexibility index (Phi) is 4.01. The van der Waals surface area contributed by atoms with Crippen LogP contribution in [0.15, 0.2) is 24.3 Å². The van der Waals surface area contributed by atoms with Crippen LogP contribution in [0.5, 0.6) is 0 Å². The van der Waals surface area contributed by atoms with Crippen LogP contribution >= 0.6 is 0 Å². The molecule has 0 saturated carbocycles. The van der Waals surface area contributed by atoms with Crippen LogP contribution in [0.2, 0.25) is 0 Å². The Hall–Kier alpha value is -1.92. The standard InChI is InChI=1S/C17H23N5O/c1-20-6-8-21(9-7-20)16-17(22-10-12-23-13-11-22)19-15-5-3-2-4-14(15)18-16/h2-5H,6-13H2,1H3. The molecule has 0 spiro atoms. The summed E-state index contributed by atoms with van der Waals surface area (Å²) < 4.78 is 5.50. The lowest BCUT2D eigenvalue weighted by Crippen LogP contribution is -2.46. The first-order valence-electron chi connectivity index (χ1n) is 8.34. The molecule has 0 radical (unpaired) electrons. The van der Waals surface area contributed by atoms with E-state index in [1.54, 1.807) is 0 Å². The van der Waals surface area contributed by atoms with E-state index in [1.807, 2.05) is 24.3 Å². The SMILES string of the molecule is CN1CCN(c2nc3ccccc3nc2N2CCOCC2)CC1. The van der Waals surface area contributed by atoms with Gasteiger partial charge >= 0.3 is 0 Å². The van der Waals surface area contributed by atoms with Gasteiger partial charge in [0.05, 0.1) is 24.2 Å². The highest BCUT2D eigenvalue weighted by atomic mass is 16.5. The van der Waals surface area contributed by atoms with Crippen LogP contribution in [0, 0.1) is 0 Å². The predicted octanol–water partition coefficient (Wildman–Crippen LogP) is 1.22. The Morgan fingerprint density at radius 3 is 1.87 bits per heavy atom. The molecule has 3 heterocycles. The Bertz CT molecular complexity index is 678. The second-order valence-corrected chi connectivity index (χ2v) is 6.25. The summed E-state index contributed by atoms with van der Waals surface area (Å²) in [5.41, 5.74) is 1.94. The molecule has 1 aromatic carbocycles. The number of nitrogens with zero attached hydrogens (tertiary/aromatic N) is 5. The molecule has 0 N–H and O–H groups in total. The van der Waals surface area contributed by atoms with E-state index >= 15 is 0 Å². The highest BCUT2D eigenvalue weighted by molar-refractivity contribution is 5.81. The third-order valence-corrected chi connectivity index (χ3v) is 4.65. The van der Waals surface area contributed by atoms with Crippen molar-refractivity contribution in [2.75, 3.05) is 69.3 Å². The van der Waals surface area contributed by atoms with Crippen molar-refractivity contribution >= 4 is 22.7 Å². The number of para-hydroxylation sites is 2. The monoisotopic (exact) mass is 313 g/mol. The van der Waals surface area contributed by atoms with E-state index in [1.165, 1.54) is 0 Å². The van der Waals surface area contributed by atoms with Crippen LogP contribution in [-0.4, -0.2) is 74.4 Å². The predicted molar refractivity (Wildman–Crippen MR) is 92.3 cm³/mol. The first kappa shape index (κ1) is 14.7. The van der Waals surface area contributed by atoms with E-state index in [9.17, 15) is 0 Å². The van der Waals surface area contributed by atoms with Gasteiger partial charge in [-0.25, -0.2) is 9.97 Å². The minimum Gasteiger partial charge on any atom is -0.378 e. The van der Waals surface area contributed by atoms with Crippen LogP contribution in [0.3, 0.4) is 0 Å². The maximum Gasteiger partial charge on any atom is 0.172 e. The lowest BCUT2D eigenvalue weighted by Gasteiger charge is -2.36. The van der Waals surface area contributed by atoms with Crippen molar-refractivity contribution in [1.29, 1.82) is 0 Å². The molecule has 122 valence electrons. The molecule has 2 fully saturated rings. The Morgan fingerprint density at radius 2 is 1.30 bits per heavy atom. The first-order valence-corrected chi connectivity index (χ1v) is 8.34. The van der Waals surface area contributed by atoms with E-state index in [0.29, 0.717) is 0 Å². The number of likely N-dealkylation sites (N-methyl/N-ethyl adjacent to an activating group) is 1. The van der Waals surface area contributed by atoms with Gasteiger partial charge in [-0.3, -0.25) is 0 Å². The first-order chi connectivity index (χ1) is 11.3. The molecule has 2 aliphatic rings. The molecule has 23 heavy (non-hydrogen) atoms. The molecule has 2 aromatic rings. The maximum absolute atomic E-state index is 5.50. The number of hydrogen-bond donors (Lipinski definition) is 0. The minimum absolute atomic E-state index is 0.761. The lowest BCUT2D eigenvalue weighted by molar-refractivity contribution is 0.122. The van der Waals surface area contributed by atoms with E-state index in [2.05, 4.69) is 21.7 Å². The van der Waals surface area contributed by atoms with Crippen molar-refractivity contribution in [1.82, 2.24) is 14.9 Å². The smallest absolute Gasteiger partial charge is 0.172 e. The van der Waals surface area contributed by atoms with Crippen LogP contribution in [0.4, 0.5) is 11.6 Å². The van der Waals surface area contributed by atoms with Gasteiger partial charge in [-0.15, -0.1) is 0 Å². The van der Waals surface area contributed by atoms with Crippen molar-refractivity contribution < 1.29 is 4.74 Å². The van der Waals surface area contributed by atoms with Crippen LogP contribution in [0.25, 0.3) is 11.0 Å². The average Bonchev–Trinajstić information content (AvgIpc) is 2.62. The highest BCUT2D eigenvalue weighted by Gasteiger charge is 2.24. The number of aromatic nitrogens is 2. The van der Waals surface area contributed by atoms with Crippen LogP contribution in [-0.2, 0) is 4.74 Å². The fraction of sp³-hybridized carbons (Fsp3) is 0.529. The molecule has 0 amide bonds. The normalized spacial score (nSPS) is 20.2. The number of fused-ring (bicyclic) bond motifs is 1. The molecular formula is C17H23N5O. The Balaban J connectivity index is 1.75. The van der Waals surface area contributed by atoms with Crippen molar-refractivity contribution in [3.05, 3.63) is 24.3 Å². The molecule has 0 atom stereocenters. The van der Waals surface area contributed by atoms with Crippen molar-refractivity contribution in [2.24, 2.45) is 0 Å². The van der Waals surface area contributed by atoms with Crippen LogP contribution < -0.4 is 9.80 Å². The molecule has 6 nitrogen and oxygen atoms in total. The zero-order valence-corrected chi connectivity index (χ0v) is 13.6. The third kappa shape index (κ3) is 2.96. The molecule has 0 bridgehead atoms. The summed E-state index contributed by atoms with van der Waals surface area (Å²) in [7, 11) is 2.17. The highest BCUT2D eigenvalue weighted by Crippen LogP contribution is 2.29. The van der Waals surface area contributed by atoms with Gasteiger partial charge in [-0.1, -0.05) is 12.1 Å². The summed E-state index contributed by atoms with van der Waals surface area (Å²) >= 11 is 0. The number of rotatable bonds is 2. The summed E-state index contributed by atoms with van der Waals surface area (Å²) in [6.45, 7) is 7.42. The molecule has 2 aliphatic heterocycles. The van der Waals surface area contributed by atoms with E-state index in [4.69, 9.17) is 14.7 Å². The van der Waals surface area contributed by atoms with Gasteiger partial charge in [0.1, 0.15) is 0 Å². The number of ether oxygens (including phenoxy) is 1. The van der Waals surface area contributed by atoms with Gasteiger partial charge in [-0.2, -0.15) is 0 Å². The molecule has 6 heteroatoms. The third-order valence-electron chi connectivity index (χ3n) is 4.65. The van der Waals surface area contributed by atoms with Gasteiger partial charge < -0.3 is 19.4 Å². The zero-order chi connectivity index (χ0) is 15.6. The molecule has 0 aliphatic carbocycles. The van der Waals surface area contributed by atoms with Gasteiger partial charge in [0.2, 0.25) is 0 Å². The quantitative estimate of drug-likeness (QED) is 0.831. The van der Waals surface area contributed by atoms with Crippen LogP contribution in [0.1, 0.15) is 0 Å². The summed E-state index contributed by atoms with van der Waals surface area (Å²) in [5.74, 6) is 2.04. The molecular weight excluding hydrogens is 290 g/mol. The van der Waals surface area contributed by atoms with Gasteiger partial charge in [0.25, 0.3) is 0 Å². The Labute approximate surface area is 136 Å². The number of anilines is 2. The molecule has 0 unspecified atom stereocenters. The maximum atomic E-state index is 5.50. The summed E-state index contributed by atoms with van der Waals surface area (Å²) in [6, 6.07) is 8.14. The van der Waals surface area contributed by atoms with Crippen molar-refractivity contribution in [3.8, 4) is 0 Å². The summed E-state index contributed by atoms with van der Waals surface area (Å²) in [5, 5.41) is 0. The second kappa shape index (κ2) is 6.29. The Morgan fingerprint density at radius 1 is 0.783 bits per heavy atom. The minimum atomic E-state index is 0.761. The van der Waals surface area contributed by atoms with Gasteiger partial charge in [-0.05, 0) is 19.2 Å². The summed E-state index contributed by atoms with van der Waals surface area (Å²) in [6.07, 6.45) is 0. The second-order valence-electron chi connectivity index (χ2n) is 6.25. The number of benzene rings is 1. The number of hydrogen-bond acceptors (Lipinski definition) is 6. The van der Waals surface area contributed by atoms with E-state index in [0.717, 1.165) is 75.2 Å². The molecule has 2 saturated heterocycles. The number of morpholine rings is 1. The van der Waals surface area contributed by atoms with E-state index in [-0.39, 0.29) is 0 Å².